The van der Waals surface area contributed by atoms with Gasteiger partial charge in [0.1, 0.15) is 12.3 Å². The molecular formula is C25H24N2O3. The van der Waals surface area contributed by atoms with Crippen molar-refractivity contribution in [3.05, 3.63) is 88.6 Å². The van der Waals surface area contributed by atoms with E-state index in [0.29, 0.717) is 10.8 Å². The molecular weight excluding hydrogens is 376 g/mol. The summed E-state index contributed by atoms with van der Waals surface area (Å²) in [5.74, 6) is 0.753. The molecule has 0 N–H and O–H groups in total. The Hall–Kier alpha value is -3.60. The Labute approximate surface area is 175 Å². The highest BCUT2D eigenvalue weighted by Gasteiger charge is 2.20. The van der Waals surface area contributed by atoms with Gasteiger partial charge in [0.05, 0.1) is 24.2 Å². The van der Waals surface area contributed by atoms with E-state index >= 15 is 0 Å². The number of hydrogen-bond donors (Lipinski definition) is 0. The number of methoxy groups -OCH3 is 1. The quantitative estimate of drug-likeness (QED) is 0.467. The van der Waals surface area contributed by atoms with Crippen LogP contribution in [-0.2, 0) is 11.3 Å². The number of benzene rings is 3. The van der Waals surface area contributed by atoms with Gasteiger partial charge >= 0.3 is 0 Å². The van der Waals surface area contributed by atoms with Gasteiger partial charge in [-0.05, 0) is 48.9 Å². The third kappa shape index (κ3) is 3.43. The maximum absolute atomic E-state index is 13.2. The first-order valence-electron chi connectivity index (χ1n) is 9.91. The third-order valence-electron chi connectivity index (χ3n) is 5.74. The molecule has 1 aromatic heterocycles. The molecule has 4 rings (SSSR count). The van der Waals surface area contributed by atoms with Crippen molar-refractivity contribution in [3.8, 4) is 5.75 Å². The van der Waals surface area contributed by atoms with Crippen molar-refractivity contribution < 1.29 is 9.53 Å². The van der Waals surface area contributed by atoms with Crippen molar-refractivity contribution in [1.29, 1.82) is 0 Å². The first-order valence-corrected chi connectivity index (χ1v) is 9.91. The summed E-state index contributed by atoms with van der Waals surface area (Å²) in [5, 5.41) is 1.24. The number of carbonyl (C=O) groups is 1. The average Bonchev–Trinajstić information content (AvgIpc) is 2.80. The standard InChI is InChI=1S/C25H24N2O3/c1-17(18-12-14-19(30-3)15-13-18)26(2)24(28)16-27-22-10-6-4-8-20(22)25(29)21-9-5-7-11-23(21)27/h4-15,17H,16H2,1-3H3/t17-/m0/s1. The first-order chi connectivity index (χ1) is 14.5. The maximum atomic E-state index is 13.2. The van der Waals surface area contributed by atoms with E-state index in [9.17, 15) is 9.59 Å². The van der Waals surface area contributed by atoms with Gasteiger partial charge in [-0.15, -0.1) is 0 Å². The van der Waals surface area contributed by atoms with Crippen molar-refractivity contribution >= 4 is 27.7 Å². The van der Waals surface area contributed by atoms with Crippen molar-refractivity contribution in [2.45, 2.75) is 19.5 Å². The van der Waals surface area contributed by atoms with E-state index in [-0.39, 0.29) is 23.9 Å². The number of rotatable bonds is 5. The minimum absolute atomic E-state index is 0.00939. The van der Waals surface area contributed by atoms with Crippen LogP contribution in [0.2, 0.25) is 0 Å². The van der Waals surface area contributed by atoms with E-state index in [0.717, 1.165) is 22.3 Å². The van der Waals surface area contributed by atoms with E-state index in [1.165, 1.54) is 0 Å². The summed E-state index contributed by atoms with van der Waals surface area (Å²) in [6.07, 6.45) is 0. The number of carbonyl (C=O) groups excluding carboxylic acids is 1. The second kappa shape index (κ2) is 8.03. The van der Waals surface area contributed by atoms with Crippen LogP contribution in [0.3, 0.4) is 0 Å². The highest BCUT2D eigenvalue weighted by Crippen LogP contribution is 2.23. The van der Waals surface area contributed by atoms with Gasteiger partial charge in [0.2, 0.25) is 5.91 Å². The predicted molar refractivity (Wildman–Crippen MR) is 120 cm³/mol. The van der Waals surface area contributed by atoms with Gasteiger partial charge in [0.15, 0.2) is 5.43 Å². The Morgan fingerprint density at radius 3 is 2.00 bits per heavy atom. The Balaban J connectivity index is 1.71. The minimum Gasteiger partial charge on any atom is -0.497 e. The number of amides is 1. The third-order valence-corrected chi connectivity index (χ3v) is 5.74. The number of ether oxygens (including phenoxy) is 1. The second-order valence-corrected chi connectivity index (χ2v) is 7.40. The lowest BCUT2D eigenvalue weighted by Gasteiger charge is -2.27. The minimum atomic E-state index is -0.0969. The largest absolute Gasteiger partial charge is 0.497 e. The Morgan fingerprint density at radius 2 is 1.47 bits per heavy atom. The smallest absolute Gasteiger partial charge is 0.242 e. The van der Waals surface area contributed by atoms with Gasteiger partial charge in [-0.1, -0.05) is 36.4 Å². The van der Waals surface area contributed by atoms with Crippen molar-refractivity contribution in [2.24, 2.45) is 0 Å². The van der Waals surface area contributed by atoms with E-state index in [1.807, 2.05) is 91.3 Å². The molecule has 0 unspecified atom stereocenters. The molecule has 0 radical (unpaired) electrons. The molecule has 1 amide bonds. The first kappa shape index (κ1) is 19.7. The molecule has 0 aliphatic heterocycles. The SMILES string of the molecule is COc1ccc([C@H](C)N(C)C(=O)Cn2c3ccccc3c(=O)c3ccccc32)cc1. The van der Waals surface area contributed by atoms with Crippen LogP contribution in [0.1, 0.15) is 18.5 Å². The molecule has 0 spiro atoms. The predicted octanol–water partition coefficient (Wildman–Crippen LogP) is 4.38. The number of pyridine rings is 1. The molecule has 0 aliphatic carbocycles. The lowest BCUT2D eigenvalue weighted by molar-refractivity contribution is -0.132. The van der Waals surface area contributed by atoms with Crippen LogP contribution in [0.4, 0.5) is 0 Å². The van der Waals surface area contributed by atoms with Crippen molar-refractivity contribution in [3.63, 3.8) is 0 Å². The van der Waals surface area contributed by atoms with Crippen LogP contribution < -0.4 is 10.2 Å². The molecule has 1 heterocycles. The summed E-state index contributed by atoms with van der Waals surface area (Å²) >= 11 is 0. The molecule has 4 aromatic rings. The van der Waals surface area contributed by atoms with Gasteiger partial charge in [0.25, 0.3) is 0 Å². The van der Waals surface area contributed by atoms with Crippen LogP contribution >= 0.6 is 0 Å². The normalized spacial score (nSPS) is 12.1. The van der Waals surface area contributed by atoms with Crippen molar-refractivity contribution in [1.82, 2.24) is 9.47 Å². The average molecular weight is 400 g/mol. The summed E-state index contributed by atoms with van der Waals surface area (Å²) < 4.78 is 7.15. The number of fused-ring (bicyclic) bond motifs is 2. The molecule has 0 saturated carbocycles. The Bertz CT molecular complexity index is 1220. The summed E-state index contributed by atoms with van der Waals surface area (Å²) in [5.41, 5.74) is 2.55. The monoisotopic (exact) mass is 400 g/mol. The molecule has 0 fully saturated rings. The summed E-state index contributed by atoms with van der Waals surface area (Å²) in [6, 6.07) is 22.5. The molecule has 0 saturated heterocycles. The molecule has 0 aliphatic rings. The highest BCUT2D eigenvalue weighted by molar-refractivity contribution is 5.94. The van der Waals surface area contributed by atoms with Crippen LogP contribution in [0.5, 0.6) is 5.75 Å². The zero-order valence-corrected chi connectivity index (χ0v) is 17.3. The van der Waals surface area contributed by atoms with E-state index in [4.69, 9.17) is 4.74 Å². The number of likely N-dealkylation sites (N-methyl/N-ethyl adjacent to an activating group) is 1. The van der Waals surface area contributed by atoms with Gasteiger partial charge in [-0.25, -0.2) is 0 Å². The molecule has 0 bridgehead atoms. The highest BCUT2D eigenvalue weighted by atomic mass is 16.5. The summed E-state index contributed by atoms with van der Waals surface area (Å²) in [6.45, 7) is 2.15. The van der Waals surface area contributed by atoms with Crippen LogP contribution in [0, 0.1) is 0 Å². The summed E-state index contributed by atoms with van der Waals surface area (Å²) in [4.78, 5) is 27.9. The maximum Gasteiger partial charge on any atom is 0.242 e. The molecule has 30 heavy (non-hydrogen) atoms. The molecule has 152 valence electrons. The zero-order chi connectivity index (χ0) is 21.3. The lowest BCUT2D eigenvalue weighted by atomic mass is 10.1. The zero-order valence-electron chi connectivity index (χ0n) is 17.3. The molecule has 3 aromatic carbocycles. The van der Waals surface area contributed by atoms with Crippen molar-refractivity contribution in [2.75, 3.05) is 14.2 Å². The summed E-state index contributed by atoms with van der Waals surface area (Å²) in [7, 11) is 3.44. The van der Waals surface area contributed by atoms with Gasteiger partial charge in [0, 0.05) is 17.8 Å². The fourth-order valence-electron chi connectivity index (χ4n) is 3.82. The van der Waals surface area contributed by atoms with Gasteiger partial charge < -0.3 is 14.2 Å². The number of nitrogens with zero attached hydrogens (tertiary/aromatic N) is 2. The van der Waals surface area contributed by atoms with Crippen LogP contribution in [0.15, 0.2) is 77.6 Å². The fraction of sp³-hybridized carbons (Fsp3) is 0.200. The molecule has 5 nitrogen and oxygen atoms in total. The second-order valence-electron chi connectivity index (χ2n) is 7.40. The van der Waals surface area contributed by atoms with Crippen LogP contribution in [-0.4, -0.2) is 29.5 Å². The van der Waals surface area contributed by atoms with Crippen LogP contribution in [0.25, 0.3) is 21.8 Å². The van der Waals surface area contributed by atoms with E-state index in [1.54, 1.807) is 12.0 Å². The van der Waals surface area contributed by atoms with E-state index < -0.39 is 0 Å². The fourth-order valence-corrected chi connectivity index (χ4v) is 3.82. The molecule has 5 heteroatoms. The number of para-hydroxylation sites is 2. The Kier molecular flexibility index (Phi) is 5.27. The van der Waals surface area contributed by atoms with E-state index in [2.05, 4.69) is 0 Å². The molecule has 1 atom stereocenters. The van der Waals surface area contributed by atoms with Gasteiger partial charge in [-0.3, -0.25) is 9.59 Å². The Morgan fingerprint density at radius 1 is 0.933 bits per heavy atom. The number of aromatic nitrogens is 1. The lowest BCUT2D eigenvalue weighted by Crippen LogP contribution is -2.33. The van der Waals surface area contributed by atoms with Gasteiger partial charge in [-0.2, -0.15) is 0 Å². The number of hydrogen-bond acceptors (Lipinski definition) is 3. The topological polar surface area (TPSA) is 51.5 Å².